The Hall–Kier alpha value is -3.67. The van der Waals surface area contributed by atoms with Crippen LogP contribution < -0.4 is 10.2 Å². The number of aromatic nitrogens is 6. The average molecular weight is 446 g/mol. The molecular weight excluding hydrogens is 425 g/mol. The van der Waals surface area contributed by atoms with Crippen LogP contribution in [0, 0.1) is 0 Å². The minimum absolute atomic E-state index is 0.00760. The lowest BCUT2D eigenvalue weighted by atomic mass is 10.1. The Labute approximate surface area is 180 Å². The highest BCUT2D eigenvalue weighted by molar-refractivity contribution is 6.00. The third-order valence-corrected chi connectivity index (χ3v) is 4.94. The third-order valence-electron chi connectivity index (χ3n) is 4.94. The molecule has 0 aliphatic carbocycles. The average Bonchev–Trinajstić information content (AvgIpc) is 3.38. The standard InChI is InChI=1S/C20H21F3N8O/c1-30(3-4-32)16-6-13(20(21,22)23)5-14(29-16)8-24-18-17-15(12-7-28-31(2)10-12)9-25-19(17)27-11-26-18/h5-7,9-11,32H,3-4,8H2,1-2H3,(H2,24,25,26,27). The molecule has 0 atom stereocenters. The molecule has 4 aromatic heterocycles. The lowest BCUT2D eigenvalue weighted by Crippen LogP contribution is -2.23. The normalized spacial score (nSPS) is 11.8. The Kier molecular flexibility index (Phi) is 5.70. The largest absolute Gasteiger partial charge is 0.416 e. The Morgan fingerprint density at radius 3 is 2.75 bits per heavy atom. The summed E-state index contributed by atoms with van der Waals surface area (Å²) in [6.07, 6.45) is 2.18. The van der Waals surface area contributed by atoms with Crippen molar-refractivity contribution in [1.82, 2.24) is 29.7 Å². The summed E-state index contributed by atoms with van der Waals surface area (Å²) in [6, 6.07) is 1.97. The number of H-pyrrole nitrogens is 1. The molecule has 168 valence electrons. The zero-order valence-electron chi connectivity index (χ0n) is 17.3. The Balaban J connectivity index is 1.68. The lowest BCUT2D eigenvalue weighted by molar-refractivity contribution is -0.137. The van der Waals surface area contributed by atoms with Crippen molar-refractivity contribution >= 4 is 22.7 Å². The Morgan fingerprint density at radius 1 is 1.25 bits per heavy atom. The molecule has 12 heteroatoms. The molecule has 0 bridgehead atoms. The first-order valence-electron chi connectivity index (χ1n) is 9.71. The Bertz CT molecular complexity index is 1230. The van der Waals surface area contributed by atoms with Crippen LogP contribution >= 0.6 is 0 Å². The van der Waals surface area contributed by atoms with Gasteiger partial charge in [-0.25, -0.2) is 15.0 Å². The highest BCUT2D eigenvalue weighted by atomic mass is 19.4. The van der Waals surface area contributed by atoms with Gasteiger partial charge in [0.1, 0.15) is 23.6 Å². The molecule has 0 aliphatic heterocycles. The Morgan fingerprint density at radius 2 is 2.06 bits per heavy atom. The van der Waals surface area contributed by atoms with Crippen LogP contribution in [0.5, 0.6) is 0 Å². The van der Waals surface area contributed by atoms with Crippen LogP contribution in [0.4, 0.5) is 24.8 Å². The fourth-order valence-electron chi connectivity index (χ4n) is 3.35. The number of hydrogen-bond donors (Lipinski definition) is 3. The molecule has 0 unspecified atom stereocenters. The molecule has 0 fully saturated rings. The van der Waals surface area contributed by atoms with Gasteiger partial charge in [0, 0.05) is 44.2 Å². The molecule has 9 nitrogen and oxygen atoms in total. The van der Waals surface area contributed by atoms with Crippen molar-refractivity contribution in [3.63, 3.8) is 0 Å². The monoisotopic (exact) mass is 446 g/mol. The van der Waals surface area contributed by atoms with E-state index in [1.165, 1.54) is 11.2 Å². The van der Waals surface area contributed by atoms with E-state index in [9.17, 15) is 13.2 Å². The quantitative estimate of drug-likeness (QED) is 0.401. The molecule has 0 saturated carbocycles. The van der Waals surface area contributed by atoms with E-state index in [2.05, 4.69) is 30.4 Å². The molecule has 3 N–H and O–H groups in total. The summed E-state index contributed by atoms with van der Waals surface area (Å²) in [5.41, 5.74) is 1.62. The highest BCUT2D eigenvalue weighted by Gasteiger charge is 2.32. The SMILES string of the molecule is CN(CCO)c1cc(C(F)(F)F)cc(CNc2ncnc3[nH]cc(-c4cnn(C)c4)c23)n1. The van der Waals surface area contributed by atoms with Crippen LogP contribution in [0.2, 0.25) is 0 Å². The third kappa shape index (κ3) is 4.35. The second-order valence-corrected chi connectivity index (χ2v) is 7.25. The van der Waals surface area contributed by atoms with Gasteiger partial charge in [0.05, 0.1) is 36.0 Å². The number of nitrogens with one attached hydrogen (secondary N) is 2. The number of aromatic amines is 1. The first-order valence-corrected chi connectivity index (χ1v) is 9.71. The van der Waals surface area contributed by atoms with E-state index in [1.807, 2.05) is 6.20 Å². The summed E-state index contributed by atoms with van der Waals surface area (Å²) in [4.78, 5) is 17.4. The van der Waals surface area contributed by atoms with E-state index >= 15 is 0 Å². The fraction of sp³-hybridized carbons (Fsp3) is 0.300. The summed E-state index contributed by atoms with van der Waals surface area (Å²) in [7, 11) is 3.38. The number of pyridine rings is 1. The van der Waals surface area contributed by atoms with Gasteiger partial charge in [-0.2, -0.15) is 18.3 Å². The first-order chi connectivity index (χ1) is 15.3. The predicted octanol–water partition coefficient (Wildman–Crippen LogP) is 2.81. The van der Waals surface area contributed by atoms with E-state index in [-0.39, 0.29) is 31.2 Å². The number of aliphatic hydroxyl groups excluding tert-OH is 1. The number of hydrogen-bond acceptors (Lipinski definition) is 7. The van der Waals surface area contributed by atoms with Crippen molar-refractivity contribution in [2.24, 2.45) is 7.05 Å². The number of alkyl halides is 3. The molecule has 4 rings (SSSR count). The molecule has 32 heavy (non-hydrogen) atoms. The van der Waals surface area contributed by atoms with Crippen molar-refractivity contribution in [2.45, 2.75) is 12.7 Å². The number of nitrogens with zero attached hydrogens (tertiary/aromatic N) is 6. The molecule has 0 spiro atoms. The lowest BCUT2D eigenvalue weighted by Gasteiger charge is -2.20. The first kappa shape index (κ1) is 21.6. The van der Waals surface area contributed by atoms with Crippen LogP contribution in [0.25, 0.3) is 22.2 Å². The number of rotatable bonds is 7. The predicted molar refractivity (Wildman–Crippen MR) is 113 cm³/mol. The number of fused-ring (bicyclic) bond motifs is 1. The molecular formula is C20H21F3N8O. The molecule has 4 heterocycles. The number of anilines is 2. The topological polar surface area (TPSA) is 108 Å². The zero-order valence-corrected chi connectivity index (χ0v) is 17.3. The van der Waals surface area contributed by atoms with E-state index in [0.29, 0.717) is 16.9 Å². The van der Waals surface area contributed by atoms with Gasteiger partial charge >= 0.3 is 6.18 Å². The van der Waals surface area contributed by atoms with Crippen LogP contribution in [0.3, 0.4) is 0 Å². The van der Waals surface area contributed by atoms with Gasteiger partial charge < -0.3 is 20.3 Å². The van der Waals surface area contributed by atoms with Crippen molar-refractivity contribution in [3.05, 3.63) is 48.3 Å². The number of aliphatic hydroxyl groups is 1. The summed E-state index contributed by atoms with van der Waals surface area (Å²) >= 11 is 0. The van der Waals surface area contributed by atoms with Crippen LogP contribution in [0.15, 0.2) is 37.1 Å². The second-order valence-electron chi connectivity index (χ2n) is 7.25. The molecule has 0 amide bonds. The van der Waals surface area contributed by atoms with Gasteiger partial charge in [-0.1, -0.05) is 0 Å². The smallest absolute Gasteiger partial charge is 0.395 e. The zero-order chi connectivity index (χ0) is 22.9. The summed E-state index contributed by atoms with van der Waals surface area (Å²) in [5.74, 6) is 0.579. The molecule has 0 saturated heterocycles. The molecule has 0 radical (unpaired) electrons. The van der Waals surface area contributed by atoms with Crippen LogP contribution in [-0.4, -0.2) is 55.0 Å². The molecule has 0 aromatic carbocycles. The second kappa shape index (κ2) is 8.46. The maximum Gasteiger partial charge on any atom is 0.416 e. The van der Waals surface area contributed by atoms with Crippen molar-refractivity contribution in [2.75, 3.05) is 30.4 Å². The van der Waals surface area contributed by atoms with Gasteiger partial charge in [0.2, 0.25) is 0 Å². The summed E-state index contributed by atoms with van der Waals surface area (Å²) < 4.78 is 41.9. The van der Waals surface area contributed by atoms with Crippen LogP contribution in [0.1, 0.15) is 11.3 Å². The van der Waals surface area contributed by atoms with Gasteiger partial charge in [-0.3, -0.25) is 4.68 Å². The maximum atomic E-state index is 13.4. The summed E-state index contributed by atoms with van der Waals surface area (Å²) in [6.45, 7) is -0.0370. The van der Waals surface area contributed by atoms with Gasteiger partial charge in [0.15, 0.2) is 0 Å². The van der Waals surface area contributed by atoms with Crippen molar-refractivity contribution in [3.8, 4) is 11.1 Å². The minimum Gasteiger partial charge on any atom is -0.395 e. The van der Waals surface area contributed by atoms with Gasteiger partial charge in [-0.15, -0.1) is 0 Å². The maximum absolute atomic E-state index is 13.4. The minimum atomic E-state index is -4.53. The fourth-order valence-corrected chi connectivity index (χ4v) is 3.35. The van der Waals surface area contributed by atoms with E-state index < -0.39 is 11.7 Å². The van der Waals surface area contributed by atoms with Gasteiger partial charge in [0.25, 0.3) is 0 Å². The molecule has 0 aliphatic rings. The van der Waals surface area contributed by atoms with Gasteiger partial charge in [-0.05, 0) is 12.1 Å². The number of halogens is 3. The highest BCUT2D eigenvalue weighted by Crippen LogP contribution is 2.33. The van der Waals surface area contributed by atoms with E-state index in [0.717, 1.165) is 23.3 Å². The number of likely N-dealkylation sites (N-methyl/N-ethyl adjacent to an activating group) is 1. The molecule has 4 aromatic rings. The van der Waals surface area contributed by atoms with Crippen molar-refractivity contribution < 1.29 is 18.3 Å². The summed E-state index contributed by atoms with van der Waals surface area (Å²) in [5, 5.41) is 17.1. The van der Waals surface area contributed by atoms with E-state index in [4.69, 9.17) is 5.11 Å². The van der Waals surface area contributed by atoms with E-state index in [1.54, 1.807) is 31.2 Å². The van der Waals surface area contributed by atoms with Crippen molar-refractivity contribution in [1.29, 1.82) is 0 Å². The number of aryl methyl sites for hydroxylation is 1. The van der Waals surface area contributed by atoms with Crippen LogP contribution in [-0.2, 0) is 19.8 Å².